The molecule has 0 aliphatic heterocycles. The Kier molecular flexibility index (Phi) is 8.33. The van der Waals surface area contributed by atoms with Gasteiger partial charge in [-0.2, -0.15) is 0 Å². The Hall–Kier alpha value is -4.60. The van der Waals surface area contributed by atoms with Gasteiger partial charge in [0.15, 0.2) is 0 Å². The fourth-order valence-electron chi connectivity index (χ4n) is 4.10. The molecule has 0 spiro atoms. The summed E-state index contributed by atoms with van der Waals surface area (Å²) in [5, 5.41) is 11.4. The van der Waals surface area contributed by atoms with E-state index in [9.17, 15) is 14.4 Å². The van der Waals surface area contributed by atoms with E-state index in [0.717, 1.165) is 0 Å². The van der Waals surface area contributed by atoms with Crippen LogP contribution >= 0.6 is 0 Å². The highest BCUT2D eigenvalue weighted by Gasteiger charge is 2.35. The maximum atomic E-state index is 14.1. The maximum absolute atomic E-state index is 14.1. The number of hydrogen-bond donors (Lipinski definition) is 1. The summed E-state index contributed by atoms with van der Waals surface area (Å²) in [7, 11) is 0. The smallest absolute Gasteiger partial charge is 0.338 e. The number of nitrogens with one attached hydrogen (secondary N) is 1. The molecule has 0 saturated carbocycles. The van der Waals surface area contributed by atoms with E-state index >= 15 is 0 Å². The first-order valence-electron chi connectivity index (χ1n) is 12.8. The van der Waals surface area contributed by atoms with Crippen LogP contribution in [0.15, 0.2) is 73.1 Å². The summed E-state index contributed by atoms with van der Waals surface area (Å²) in [6.07, 6.45) is 3.85. The van der Waals surface area contributed by atoms with E-state index in [1.165, 1.54) is 9.58 Å². The Bertz CT molecular complexity index is 1450. The van der Waals surface area contributed by atoms with Crippen LogP contribution in [-0.4, -0.2) is 49.9 Å². The first-order valence-corrected chi connectivity index (χ1v) is 12.8. The van der Waals surface area contributed by atoms with Crippen LogP contribution in [0.1, 0.15) is 56.1 Å². The quantitative estimate of drug-likeness (QED) is 0.308. The predicted octanol–water partition coefficient (Wildman–Crippen LogP) is 4.08. The van der Waals surface area contributed by atoms with E-state index in [1.807, 2.05) is 45.0 Å². The first-order chi connectivity index (χ1) is 18.7. The van der Waals surface area contributed by atoms with Crippen LogP contribution in [-0.2, 0) is 20.9 Å². The number of fused-ring (bicyclic) bond motifs is 1. The third-order valence-electron chi connectivity index (χ3n) is 6.50. The van der Waals surface area contributed by atoms with Crippen molar-refractivity contribution in [3.63, 3.8) is 0 Å². The number of pyridine rings is 1. The average Bonchev–Trinajstić information content (AvgIpc) is 3.34. The molecule has 10 heteroatoms. The topological polar surface area (TPSA) is 119 Å². The Morgan fingerprint density at radius 2 is 1.69 bits per heavy atom. The van der Waals surface area contributed by atoms with Gasteiger partial charge >= 0.3 is 5.97 Å². The van der Waals surface area contributed by atoms with E-state index in [2.05, 4.69) is 20.6 Å². The van der Waals surface area contributed by atoms with E-state index in [1.54, 1.807) is 55.7 Å². The molecule has 0 aliphatic carbocycles. The van der Waals surface area contributed by atoms with Gasteiger partial charge in [0.25, 0.3) is 0 Å². The number of carbonyl (C=O) groups is 3. The summed E-state index contributed by atoms with van der Waals surface area (Å²) in [5.74, 6) is -1.20. The molecule has 2 heterocycles. The van der Waals surface area contributed by atoms with E-state index < -0.39 is 17.6 Å². The zero-order valence-electron chi connectivity index (χ0n) is 22.5. The van der Waals surface area contributed by atoms with Gasteiger partial charge in [0.05, 0.1) is 17.7 Å². The number of carbonyl (C=O) groups excluding carboxylic acids is 3. The normalized spacial score (nSPS) is 12.1. The van der Waals surface area contributed by atoms with Crippen LogP contribution in [0, 0.1) is 0 Å². The zero-order valence-corrected chi connectivity index (χ0v) is 22.5. The Balaban J connectivity index is 1.80. The number of amides is 2. The number of hydrogen-bond acceptors (Lipinski definition) is 7. The molecular formula is C29H32N6O4. The highest BCUT2D eigenvalue weighted by molar-refractivity contribution is 6.02. The molecule has 4 rings (SSSR count). The lowest BCUT2D eigenvalue weighted by molar-refractivity contribution is -0.128. The van der Waals surface area contributed by atoms with E-state index in [-0.39, 0.29) is 25.0 Å². The lowest BCUT2D eigenvalue weighted by Crippen LogP contribution is -2.51. The van der Waals surface area contributed by atoms with Crippen molar-refractivity contribution in [2.45, 2.75) is 52.2 Å². The first kappa shape index (κ1) is 27.4. The second-order valence-corrected chi connectivity index (χ2v) is 9.68. The van der Waals surface area contributed by atoms with Gasteiger partial charge in [-0.1, -0.05) is 24.3 Å². The van der Waals surface area contributed by atoms with E-state index in [4.69, 9.17) is 4.74 Å². The predicted molar refractivity (Wildman–Crippen MR) is 147 cm³/mol. The minimum absolute atomic E-state index is 0.161. The molecule has 2 amide bonds. The fraction of sp³-hybridized carbons (Fsp3) is 0.310. The van der Waals surface area contributed by atoms with Crippen molar-refractivity contribution in [1.82, 2.24) is 25.3 Å². The summed E-state index contributed by atoms with van der Waals surface area (Å²) >= 11 is 0. The van der Waals surface area contributed by atoms with Gasteiger partial charge in [-0.15, -0.1) is 5.10 Å². The minimum Gasteiger partial charge on any atom is -0.462 e. The Labute approximate surface area is 227 Å². The van der Waals surface area contributed by atoms with Gasteiger partial charge in [0.1, 0.15) is 18.1 Å². The lowest BCUT2D eigenvalue weighted by Gasteiger charge is -2.34. The van der Waals surface area contributed by atoms with Crippen LogP contribution in [0.3, 0.4) is 0 Å². The number of anilines is 1. The Morgan fingerprint density at radius 1 is 1.00 bits per heavy atom. The summed E-state index contributed by atoms with van der Waals surface area (Å²) in [6, 6.07) is 16.2. The highest BCUT2D eigenvalue weighted by atomic mass is 16.5. The molecule has 0 radical (unpaired) electrons. The SMILES string of the molecule is CCOC(=O)c1ccc(N(C(=O)Cn2nnc3ccccc32)[C@H](C(=O)NC(C)(C)CC)c2ccncc2)cc1. The highest BCUT2D eigenvalue weighted by Crippen LogP contribution is 2.30. The van der Waals surface area contributed by atoms with Crippen LogP contribution in [0.5, 0.6) is 0 Å². The molecule has 0 unspecified atom stereocenters. The largest absolute Gasteiger partial charge is 0.462 e. The molecular weight excluding hydrogens is 496 g/mol. The van der Waals surface area contributed by atoms with E-state index in [0.29, 0.717) is 34.3 Å². The maximum Gasteiger partial charge on any atom is 0.338 e. The molecule has 0 fully saturated rings. The number of para-hydroxylation sites is 1. The van der Waals surface area contributed by atoms with Crippen molar-refractivity contribution in [3.8, 4) is 0 Å². The van der Waals surface area contributed by atoms with Gasteiger partial charge in [-0.25, -0.2) is 9.48 Å². The molecule has 4 aromatic rings. The number of esters is 1. The molecule has 0 aliphatic rings. The van der Waals surface area contributed by atoms with Crippen molar-refractivity contribution in [2.75, 3.05) is 11.5 Å². The number of benzene rings is 2. The van der Waals surface area contributed by atoms with Crippen molar-refractivity contribution in [3.05, 3.63) is 84.2 Å². The average molecular weight is 529 g/mol. The molecule has 202 valence electrons. The number of rotatable bonds is 10. The van der Waals surface area contributed by atoms with Crippen molar-refractivity contribution < 1.29 is 19.1 Å². The summed E-state index contributed by atoms with van der Waals surface area (Å²) in [4.78, 5) is 45.7. The van der Waals surface area contributed by atoms with Crippen molar-refractivity contribution in [1.29, 1.82) is 0 Å². The third-order valence-corrected chi connectivity index (χ3v) is 6.50. The third kappa shape index (κ3) is 6.28. The van der Waals surface area contributed by atoms with Gasteiger partial charge in [0, 0.05) is 23.6 Å². The Morgan fingerprint density at radius 3 is 2.36 bits per heavy atom. The van der Waals surface area contributed by atoms with Crippen LogP contribution in [0.25, 0.3) is 11.0 Å². The monoisotopic (exact) mass is 528 g/mol. The molecule has 2 aromatic heterocycles. The molecule has 39 heavy (non-hydrogen) atoms. The summed E-state index contributed by atoms with van der Waals surface area (Å²) in [5.41, 5.74) is 2.20. The second-order valence-electron chi connectivity index (χ2n) is 9.68. The molecule has 0 bridgehead atoms. The van der Waals surface area contributed by atoms with Crippen LogP contribution in [0.2, 0.25) is 0 Å². The minimum atomic E-state index is -1.02. The van der Waals surface area contributed by atoms with Gasteiger partial charge in [-0.3, -0.25) is 19.5 Å². The standard InChI is InChI=1S/C29H32N6O4/c1-5-29(3,4)31-27(37)26(20-15-17-30-18-16-20)35(22-13-11-21(12-14-22)28(38)39-6-2)25(36)19-34-24-10-8-7-9-23(24)32-33-34/h7-18,26H,5-6,19H2,1-4H3,(H,31,37)/t26-/m0/s1. The fourth-order valence-corrected chi connectivity index (χ4v) is 4.10. The molecule has 10 nitrogen and oxygen atoms in total. The lowest BCUT2D eigenvalue weighted by atomic mass is 9.98. The molecule has 1 atom stereocenters. The van der Waals surface area contributed by atoms with Gasteiger partial charge in [0.2, 0.25) is 11.8 Å². The van der Waals surface area contributed by atoms with Crippen molar-refractivity contribution >= 4 is 34.5 Å². The number of nitrogens with zero attached hydrogens (tertiary/aromatic N) is 5. The van der Waals surface area contributed by atoms with Crippen molar-refractivity contribution in [2.24, 2.45) is 0 Å². The van der Waals surface area contributed by atoms with Gasteiger partial charge < -0.3 is 10.1 Å². The molecule has 0 saturated heterocycles. The number of aromatic nitrogens is 4. The molecule has 2 aromatic carbocycles. The second kappa shape index (κ2) is 11.8. The molecule has 1 N–H and O–H groups in total. The summed E-state index contributed by atoms with van der Waals surface area (Å²) in [6.45, 7) is 7.65. The number of ether oxygens (including phenoxy) is 1. The summed E-state index contributed by atoms with van der Waals surface area (Å²) < 4.78 is 6.61. The van der Waals surface area contributed by atoms with Crippen LogP contribution < -0.4 is 10.2 Å². The van der Waals surface area contributed by atoms with Gasteiger partial charge in [-0.05, 0) is 81.3 Å². The van der Waals surface area contributed by atoms with Crippen LogP contribution in [0.4, 0.5) is 5.69 Å². The zero-order chi connectivity index (χ0) is 28.0.